The number of halogens is 2. The summed E-state index contributed by atoms with van der Waals surface area (Å²) in [4.78, 5) is 4.21. The van der Waals surface area contributed by atoms with Crippen LogP contribution < -0.4 is 0 Å². The largest absolute Gasteiger partial charge is 0.475 e. The second-order valence-corrected chi connectivity index (χ2v) is 3.89. The van der Waals surface area contributed by atoms with E-state index in [1.54, 1.807) is 0 Å². The molecule has 1 aromatic carbocycles. The highest BCUT2D eigenvalue weighted by Gasteiger charge is 2.16. The average Bonchev–Trinajstić information content (AvgIpc) is 2.57. The maximum atomic E-state index is 6.02. The molecule has 1 aromatic rings. The number of hydrogen-bond donors (Lipinski definition) is 0. The predicted octanol–water partition coefficient (Wildman–Crippen LogP) is 2.88. The first-order valence-corrected chi connectivity index (χ1v) is 5.08. The van der Waals surface area contributed by atoms with Gasteiger partial charge in [0.15, 0.2) is 0 Å². The zero-order chi connectivity index (χ0) is 9.26. The summed E-state index contributed by atoms with van der Waals surface area (Å²) in [5, 5.41) is 0.662. The number of ether oxygens (including phenoxy) is 1. The van der Waals surface area contributed by atoms with Crippen molar-refractivity contribution in [1.82, 2.24) is 0 Å². The number of benzene rings is 1. The molecule has 0 atom stereocenters. The molecule has 0 aliphatic carbocycles. The van der Waals surface area contributed by atoms with Crippen LogP contribution in [0.3, 0.4) is 0 Å². The highest BCUT2D eigenvalue weighted by Crippen LogP contribution is 2.26. The topological polar surface area (TPSA) is 21.6 Å². The fraction of sp³-hybridized carbons (Fsp3) is 0.222. The molecule has 68 valence electrons. The van der Waals surface area contributed by atoms with Crippen molar-refractivity contribution in [3.8, 4) is 0 Å². The minimum Gasteiger partial charge on any atom is -0.475 e. The molecule has 1 aliphatic heterocycles. The molecule has 2 rings (SSSR count). The van der Waals surface area contributed by atoms with Gasteiger partial charge >= 0.3 is 0 Å². The van der Waals surface area contributed by atoms with Gasteiger partial charge in [0, 0.05) is 4.47 Å². The molecule has 0 saturated heterocycles. The SMILES string of the molecule is Clc1cccc(Br)c1C1=NCCO1. The van der Waals surface area contributed by atoms with E-state index < -0.39 is 0 Å². The molecule has 0 unspecified atom stereocenters. The Labute approximate surface area is 89.7 Å². The Balaban J connectivity index is 2.49. The first-order valence-electron chi connectivity index (χ1n) is 3.90. The molecule has 1 aliphatic rings. The van der Waals surface area contributed by atoms with E-state index in [9.17, 15) is 0 Å². The molecule has 1 heterocycles. The summed E-state index contributed by atoms with van der Waals surface area (Å²) >= 11 is 9.43. The van der Waals surface area contributed by atoms with Gasteiger partial charge in [0.1, 0.15) is 6.61 Å². The molecule has 0 aromatic heterocycles. The minimum atomic E-state index is 0.637. The fourth-order valence-electron chi connectivity index (χ4n) is 1.19. The monoisotopic (exact) mass is 259 g/mol. The molecule has 0 fully saturated rings. The lowest BCUT2D eigenvalue weighted by Crippen LogP contribution is -2.02. The lowest BCUT2D eigenvalue weighted by Gasteiger charge is -2.05. The van der Waals surface area contributed by atoms with Crippen LogP contribution in [-0.2, 0) is 4.74 Å². The Hall–Kier alpha value is -0.540. The van der Waals surface area contributed by atoms with E-state index in [0.717, 1.165) is 10.0 Å². The molecule has 0 N–H and O–H groups in total. The highest BCUT2D eigenvalue weighted by atomic mass is 79.9. The van der Waals surface area contributed by atoms with Gasteiger partial charge in [-0.1, -0.05) is 17.7 Å². The Morgan fingerprint density at radius 3 is 2.92 bits per heavy atom. The lowest BCUT2D eigenvalue weighted by atomic mass is 10.2. The standard InChI is InChI=1S/C9H7BrClNO/c10-6-2-1-3-7(11)8(6)9-12-4-5-13-9/h1-3H,4-5H2. The Morgan fingerprint density at radius 1 is 1.46 bits per heavy atom. The van der Waals surface area contributed by atoms with Crippen LogP contribution in [0.4, 0.5) is 0 Å². The van der Waals surface area contributed by atoms with E-state index in [1.807, 2.05) is 18.2 Å². The third kappa shape index (κ3) is 1.71. The van der Waals surface area contributed by atoms with E-state index in [2.05, 4.69) is 20.9 Å². The van der Waals surface area contributed by atoms with Gasteiger partial charge in [0.05, 0.1) is 17.1 Å². The summed E-state index contributed by atoms with van der Waals surface area (Å²) in [6.45, 7) is 1.36. The van der Waals surface area contributed by atoms with Gasteiger partial charge in [0.25, 0.3) is 0 Å². The van der Waals surface area contributed by atoms with E-state index in [0.29, 0.717) is 24.1 Å². The first kappa shape index (κ1) is 9.03. The molecule has 0 bridgehead atoms. The van der Waals surface area contributed by atoms with Gasteiger partial charge in [0.2, 0.25) is 5.90 Å². The first-order chi connectivity index (χ1) is 6.29. The zero-order valence-electron chi connectivity index (χ0n) is 6.76. The number of rotatable bonds is 1. The zero-order valence-corrected chi connectivity index (χ0v) is 9.10. The molecular weight excluding hydrogens is 253 g/mol. The van der Waals surface area contributed by atoms with Crippen molar-refractivity contribution in [3.05, 3.63) is 33.3 Å². The number of aliphatic imine (C=N–C) groups is 1. The Morgan fingerprint density at radius 2 is 2.31 bits per heavy atom. The maximum absolute atomic E-state index is 6.02. The van der Waals surface area contributed by atoms with Crippen LogP contribution >= 0.6 is 27.5 Å². The van der Waals surface area contributed by atoms with E-state index in [4.69, 9.17) is 16.3 Å². The van der Waals surface area contributed by atoms with Gasteiger partial charge in [-0.2, -0.15) is 0 Å². The number of hydrogen-bond acceptors (Lipinski definition) is 2. The second kappa shape index (κ2) is 3.68. The van der Waals surface area contributed by atoms with Crippen LogP contribution in [0, 0.1) is 0 Å². The minimum absolute atomic E-state index is 0.637. The van der Waals surface area contributed by atoms with Gasteiger partial charge in [-0.15, -0.1) is 0 Å². The van der Waals surface area contributed by atoms with E-state index in [-0.39, 0.29) is 0 Å². The van der Waals surface area contributed by atoms with Gasteiger partial charge in [-0.25, -0.2) is 4.99 Å². The second-order valence-electron chi connectivity index (χ2n) is 2.63. The molecule has 0 amide bonds. The third-order valence-corrected chi connectivity index (χ3v) is 2.74. The van der Waals surface area contributed by atoms with Crippen LogP contribution in [0.5, 0.6) is 0 Å². The lowest BCUT2D eigenvalue weighted by molar-refractivity contribution is 0.348. The van der Waals surface area contributed by atoms with Crippen LogP contribution in [0.25, 0.3) is 0 Å². The van der Waals surface area contributed by atoms with Crippen LogP contribution in [0.15, 0.2) is 27.7 Å². The van der Waals surface area contributed by atoms with E-state index in [1.165, 1.54) is 0 Å². The van der Waals surface area contributed by atoms with Crippen molar-refractivity contribution in [1.29, 1.82) is 0 Å². The van der Waals surface area contributed by atoms with Crippen LogP contribution in [0.2, 0.25) is 5.02 Å². The molecule has 0 radical (unpaired) electrons. The summed E-state index contributed by atoms with van der Waals surface area (Å²) in [5.74, 6) is 0.637. The summed E-state index contributed by atoms with van der Waals surface area (Å²) in [7, 11) is 0. The van der Waals surface area contributed by atoms with Crippen molar-refractivity contribution in [2.75, 3.05) is 13.2 Å². The third-order valence-electron chi connectivity index (χ3n) is 1.76. The van der Waals surface area contributed by atoms with Crippen molar-refractivity contribution < 1.29 is 4.74 Å². The smallest absolute Gasteiger partial charge is 0.218 e. The number of nitrogens with zero attached hydrogens (tertiary/aromatic N) is 1. The summed E-state index contributed by atoms with van der Waals surface area (Å²) in [5.41, 5.74) is 0.849. The van der Waals surface area contributed by atoms with Crippen LogP contribution in [-0.4, -0.2) is 19.0 Å². The maximum Gasteiger partial charge on any atom is 0.218 e. The predicted molar refractivity (Wildman–Crippen MR) is 56.5 cm³/mol. The Bertz CT molecular complexity index is 344. The molecule has 0 spiro atoms. The fourth-order valence-corrected chi connectivity index (χ4v) is 2.09. The van der Waals surface area contributed by atoms with Crippen molar-refractivity contribution in [2.45, 2.75) is 0 Å². The molecular formula is C9H7BrClNO. The van der Waals surface area contributed by atoms with Crippen molar-refractivity contribution in [2.24, 2.45) is 4.99 Å². The van der Waals surface area contributed by atoms with Crippen molar-refractivity contribution >= 4 is 33.4 Å². The van der Waals surface area contributed by atoms with Gasteiger partial charge in [-0.05, 0) is 28.1 Å². The average molecular weight is 261 g/mol. The summed E-state index contributed by atoms with van der Waals surface area (Å²) in [6.07, 6.45) is 0. The highest BCUT2D eigenvalue weighted by molar-refractivity contribution is 9.10. The molecule has 0 saturated carbocycles. The molecule has 4 heteroatoms. The molecule has 2 nitrogen and oxygen atoms in total. The summed E-state index contributed by atoms with van der Waals surface area (Å²) in [6, 6.07) is 5.63. The quantitative estimate of drug-likeness (QED) is 0.761. The molecule has 13 heavy (non-hydrogen) atoms. The normalized spacial score (nSPS) is 15.4. The summed E-state index contributed by atoms with van der Waals surface area (Å²) < 4.78 is 6.25. The van der Waals surface area contributed by atoms with Gasteiger partial charge in [-0.3, -0.25) is 0 Å². The van der Waals surface area contributed by atoms with E-state index >= 15 is 0 Å². The Kier molecular flexibility index (Phi) is 2.56. The van der Waals surface area contributed by atoms with Gasteiger partial charge < -0.3 is 4.74 Å². The van der Waals surface area contributed by atoms with Crippen LogP contribution in [0.1, 0.15) is 5.56 Å². The van der Waals surface area contributed by atoms with Crippen molar-refractivity contribution in [3.63, 3.8) is 0 Å².